The van der Waals surface area contributed by atoms with E-state index in [1.807, 2.05) is 0 Å². The number of carboxylic acid groups (broad SMARTS) is 1. The fourth-order valence-electron chi connectivity index (χ4n) is 5.79. The van der Waals surface area contributed by atoms with E-state index in [1.54, 1.807) is 0 Å². The Morgan fingerprint density at radius 2 is 0.909 bits per heavy atom. The molecule has 258 valence electrons. The number of hydrogen-bond donors (Lipinski definition) is 1. The second-order valence-electron chi connectivity index (χ2n) is 13.1. The number of carbonyl (C=O) groups excluding carboxylic acids is 1. The summed E-state index contributed by atoms with van der Waals surface area (Å²) >= 11 is 0. The third kappa shape index (κ3) is 34.9. The van der Waals surface area contributed by atoms with E-state index < -0.39 is 5.97 Å². The van der Waals surface area contributed by atoms with Crippen LogP contribution in [-0.2, 0) is 14.3 Å². The van der Waals surface area contributed by atoms with E-state index in [0.29, 0.717) is 12.8 Å². The summed E-state index contributed by atoms with van der Waals surface area (Å²) in [7, 11) is 0. The lowest BCUT2D eigenvalue weighted by atomic mass is 10.0. The van der Waals surface area contributed by atoms with Crippen LogP contribution in [0.15, 0.2) is 24.3 Å². The highest BCUT2D eigenvalue weighted by atomic mass is 16.5. The van der Waals surface area contributed by atoms with Crippen LogP contribution in [0.1, 0.15) is 213 Å². The van der Waals surface area contributed by atoms with Crippen molar-refractivity contribution < 1.29 is 19.4 Å². The van der Waals surface area contributed by atoms with Crippen LogP contribution < -0.4 is 0 Å². The summed E-state index contributed by atoms with van der Waals surface area (Å²) < 4.78 is 5.92. The fraction of sp³-hybridized carbons (Fsp3) is 0.850. The molecular weight excluding hydrogens is 544 g/mol. The number of hydrogen-bond acceptors (Lipinski definition) is 3. The molecule has 0 aromatic heterocycles. The van der Waals surface area contributed by atoms with Crippen molar-refractivity contribution >= 4 is 11.9 Å². The zero-order valence-electron chi connectivity index (χ0n) is 29.5. The molecule has 0 aromatic carbocycles. The molecule has 0 heterocycles. The van der Waals surface area contributed by atoms with Crippen molar-refractivity contribution in [3.63, 3.8) is 0 Å². The zero-order valence-corrected chi connectivity index (χ0v) is 29.5. The standard InChI is InChI=1S/C40H74O4/c1-3-5-7-8-9-10-11-12-13-14-15-16-21-24-27-30-33-37-40(43)44-38(34-6-4-2)35-31-28-25-22-19-17-18-20-23-26-29-32-36-39(41)42/h9-10,12-13,38H,3-8,11,14-37H2,1-2H3,(H,41,42)/b10-9-,13-12-. The van der Waals surface area contributed by atoms with Gasteiger partial charge in [-0.3, -0.25) is 9.59 Å². The smallest absolute Gasteiger partial charge is 0.306 e. The van der Waals surface area contributed by atoms with Gasteiger partial charge in [0, 0.05) is 12.8 Å². The summed E-state index contributed by atoms with van der Waals surface area (Å²) in [5.74, 6) is -0.647. The van der Waals surface area contributed by atoms with E-state index in [-0.39, 0.29) is 12.1 Å². The molecule has 0 spiro atoms. The number of carboxylic acids is 1. The molecule has 4 nitrogen and oxygen atoms in total. The molecule has 0 amide bonds. The van der Waals surface area contributed by atoms with Gasteiger partial charge in [0.15, 0.2) is 0 Å². The van der Waals surface area contributed by atoms with Gasteiger partial charge in [-0.2, -0.15) is 0 Å². The monoisotopic (exact) mass is 619 g/mol. The summed E-state index contributed by atoms with van der Waals surface area (Å²) in [6.45, 7) is 4.47. The average Bonchev–Trinajstić information content (AvgIpc) is 3.01. The number of unbranched alkanes of at least 4 members (excludes halogenated alkanes) is 22. The Morgan fingerprint density at radius 1 is 0.500 bits per heavy atom. The number of ether oxygens (including phenoxy) is 1. The van der Waals surface area contributed by atoms with Gasteiger partial charge in [-0.1, -0.05) is 160 Å². The van der Waals surface area contributed by atoms with Crippen molar-refractivity contribution in [1.82, 2.24) is 0 Å². The highest BCUT2D eigenvalue weighted by Crippen LogP contribution is 2.18. The minimum absolute atomic E-state index is 0.0237. The molecular formula is C40H74O4. The minimum atomic E-state index is -0.670. The lowest BCUT2D eigenvalue weighted by Crippen LogP contribution is -2.18. The molecule has 0 saturated carbocycles. The van der Waals surface area contributed by atoms with E-state index >= 15 is 0 Å². The Bertz CT molecular complexity index is 668. The lowest BCUT2D eigenvalue weighted by Gasteiger charge is -2.18. The quantitative estimate of drug-likeness (QED) is 0.0436. The SMILES string of the molecule is CCCCC/C=C\C/C=C\CCCCCCCCCC(=O)OC(CCCC)CCCCCCCCCCCCCCC(=O)O. The Hall–Kier alpha value is -1.58. The third-order valence-electron chi connectivity index (χ3n) is 8.68. The van der Waals surface area contributed by atoms with E-state index in [4.69, 9.17) is 9.84 Å². The van der Waals surface area contributed by atoms with Crippen LogP contribution in [0, 0.1) is 0 Å². The van der Waals surface area contributed by atoms with Crippen molar-refractivity contribution in [3.8, 4) is 0 Å². The molecule has 0 rings (SSSR count). The van der Waals surface area contributed by atoms with Crippen molar-refractivity contribution in [2.24, 2.45) is 0 Å². The lowest BCUT2D eigenvalue weighted by molar-refractivity contribution is -0.150. The summed E-state index contributed by atoms with van der Waals surface area (Å²) in [5.41, 5.74) is 0. The highest BCUT2D eigenvalue weighted by Gasteiger charge is 2.13. The van der Waals surface area contributed by atoms with Crippen LogP contribution in [0.4, 0.5) is 0 Å². The Kier molecular flexibility index (Phi) is 34.6. The van der Waals surface area contributed by atoms with Gasteiger partial charge < -0.3 is 9.84 Å². The van der Waals surface area contributed by atoms with E-state index in [2.05, 4.69) is 38.2 Å². The number of aliphatic carboxylic acids is 1. The molecule has 0 aliphatic rings. The number of rotatable bonds is 35. The van der Waals surface area contributed by atoms with Crippen LogP contribution in [0.25, 0.3) is 0 Å². The largest absolute Gasteiger partial charge is 0.481 e. The van der Waals surface area contributed by atoms with Gasteiger partial charge in [0.1, 0.15) is 6.10 Å². The highest BCUT2D eigenvalue weighted by molar-refractivity contribution is 5.69. The van der Waals surface area contributed by atoms with Gasteiger partial charge in [-0.05, 0) is 64.2 Å². The minimum Gasteiger partial charge on any atom is -0.481 e. The average molecular weight is 619 g/mol. The van der Waals surface area contributed by atoms with Crippen LogP contribution in [0.5, 0.6) is 0 Å². The van der Waals surface area contributed by atoms with Gasteiger partial charge >= 0.3 is 11.9 Å². The fourth-order valence-corrected chi connectivity index (χ4v) is 5.79. The number of carbonyl (C=O) groups is 2. The van der Waals surface area contributed by atoms with Crippen LogP contribution in [-0.4, -0.2) is 23.1 Å². The van der Waals surface area contributed by atoms with Crippen LogP contribution in [0.3, 0.4) is 0 Å². The van der Waals surface area contributed by atoms with Crippen molar-refractivity contribution in [2.75, 3.05) is 0 Å². The van der Waals surface area contributed by atoms with E-state index in [0.717, 1.165) is 57.8 Å². The summed E-state index contributed by atoms with van der Waals surface area (Å²) in [4.78, 5) is 23.0. The molecule has 1 atom stereocenters. The normalized spacial score (nSPS) is 12.4. The number of allylic oxidation sites excluding steroid dienone is 4. The van der Waals surface area contributed by atoms with E-state index in [9.17, 15) is 9.59 Å². The summed E-state index contributed by atoms with van der Waals surface area (Å²) in [5, 5.41) is 8.67. The molecule has 0 bridgehead atoms. The Labute approximate surface area is 274 Å². The molecule has 0 fully saturated rings. The van der Waals surface area contributed by atoms with Crippen molar-refractivity contribution in [2.45, 2.75) is 219 Å². The first kappa shape index (κ1) is 42.4. The van der Waals surface area contributed by atoms with Gasteiger partial charge in [-0.15, -0.1) is 0 Å². The van der Waals surface area contributed by atoms with Crippen LogP contribution >= 0.6 is 0 Å². The first-order chi connectivity index (χ1) is 21.6. The molecule has 4 heteroatoms. The first-order valence-electron chi connectivity index (χ1n) is 19.3. The molecule has 0 aromatic rings. The third-order valence-corrected chi connectivity index (χ3v) is 8.68. The molecule has 0 radical (unpaired) electrons. The molecule has 0 saturated heterocycles. The van der Waals surface area contributed by atoms with Gasteiger partial charge in [0.25, 0.3) is 0 Å². The van der Waals surface area contributed by atoms with E-state index in [1.165, 1.54) is 128 Å². The van der Waals surface area contributed by atoms with Crippen LogP contribution in [0.2, 0.25) is 0 Å². The van der Waals surface area contributed by atoms with Gasteiger partial charge in [0.05, 0.1) is 0 Å². The predicted octanol–water partition coefficient (Wildman–Crippen LogP) is 13.2. The maximum Gasteiger partial charge on any atom is 0.306 e. The van der Waals surface area contributed by atoms with Crippen molar-refractivity contribution in [3.05, 3.63) is 24.3 Å². The topological polar surface area (TPSA) is 63.6 Å². The Balaban J connectivity index is 3.65. The van der Waals surface area contributed by atoms with Gasteiger partial charge in [0.2, 0.25) is 0 Å². The van der Waals surface area contributed by atoms with Gasteiger partial charge in [-0.25, -0.2) is 0 Å². The Morgan fingerprint density at radius 3 is 1.41 bits per heavy atom. The zero-order chi connectivity index (χ0) is 32.2. The molecule has 1 N–H and O–H groups in total. The first-order valence-corrected chi connectivity index (χ1v) is 19.3. The maximum atomic E-state index is 12.5. The second-order valence-corrected chi connectivity index (χ2v) is 13.1. The molecule has 44 heavy (non-hydrogen) atoms. The maximum absolute atomic E-state index is 12.5. The molecule has 0 aliphatic heterocycles. The summed E-state index contributed by atoms with van der Waals surface area (Å²) in [6.07, 6.45) is 45.3. The second kappa shape index (κ2) is 35.9. The summed E-state index contributed by atoms with van der Waals surface area (Å²) in [6, 6.07) is 0. The van der Waals surface area contributed by atoms with Crippen molar-refractivity contribution in [1.29, 1.82) is 0 Å². The number of esters is 1. The molecule has 1 unspecified atom stereocenters. The molecule has 0 aliphatic carbocycles. The predicted molar refractivity (Wildman–Crippen MR) is 190 cm³/mol.